The highest BCUT2D eigenvalue weighted by Crippen LogP contribution is 2.48. The number of fused-ring (bicyclic) bond motifs is 3. The fourth-order valence-corrected chi connectivity index (χ4v) is 7.06. The summed E-state index contributed by atoms with van der Waals surface area (Å²) in [7, 11) is 2.14. The van der Waals surface area contributed by atoms with Gasteiger partial charge in [-0.1, -0.05) is 24.8 Å². The molecule has 0 saturated carbocycles. The first-order chi connectivity index (χ1) is 19.5. The Morgan fingerprint density at radius 3 is 2.92 bits per heavy atom. The zero-order valence-corrected chi connectivity index (χ0v) is 23.3. The standard InChI is InChI=1S/C31H38N6O3/c1-3-28(38)37-17-16-36(20-22(37)11-14-32)29-24-10-12-31(13-18-39-27-9-5-4-8-25(27)31)19-26(24)33-30(34-29)40-21-23-7-6-15-35(23)2/h3-5,8-9,22-23H,1,6-7,10-13,15-21H2,2H3/t22-,23-,31?/m0/s1. The maximum Gasteiger partial charge on any atom is 0.318 e. The lowest BCUT2D eigenvalue weighted by Gasteiger charge is -2.44. The molecule has 0 radical (unpaired) electrons. The normalized spacial score (nSPS) is 26.0. The molecule has 1 aliphatic carbocycles. The van der Waals surface area contributed by atoms with E-state index in [4.69, 9.17) is 19.4 Å². The number of anilines is 1. The van der Waals surface area contributed by atoms with E-state index in [1.165, 1.54) is 23.6 Å². The molecule has 210 valence electrons. The lowest BCUT2D eigenvalue weighted by atomic mass is 9.66. The molecular formula is C31H38N6O3. The summed E-state index contributed by atoms with van der Waals surface area (Å²) in [6.45, 7) is 7.71. The van der Waals surface area contributed by atoms with Crippen molar-refractivity contribution in [3.05, 3.63) is 53.7 Å². The topological polar surface area (TPSA) is 94.8 Å². The molecule has 2 fully saturated rings. The van der Waals surface area contributed by atoms with Crippen LogP contribution in [0.1, 0.15) is 48.9 Å². The van der Waals surface area contributed by atoms with Crippen molar-refractivity contribution in [3.8, 4) is 17.8 Å². The van der Waals surface area contributed by atoms with Crippen molar-refractivity contribution in [1.82, 2.24) is 19.8 Å². The summed E-state index contributed by atoms with van der Waals surface area (Å²) >= 11 is 0. The molecule has 3 aliphatic heterocycles. The molecule has 6 rings (SSSR count). The number of para-hydroxylation sites is 1. The van der Waals surface area contributed by atoms with Gasteiger partial charge in [-0.2, -0.15) is 15.2 Å². The van der Waals surface area contributed by atoms with Gasteiger partial charge in [0, 0.05) is 48.6 Å². The number of benzene rings is 1. The molecule has 4 aliphatic rings. The molecule has 1 aromatic carbocycles. The minimum Gasteiger partial charge on any atom is -0.493 e. The number of nitriles is 1. The summed E-state index contributed by atoms with van der Waals surface area (Å²) in [5.41, 5.74) is 3.46. The Kier molecular flexibility index (Phi) is 7.37. The number of ether oxygens (including phenoxy) is 2. The Morgan fingerprint density at radius 2 is 2.12 bits per heavy atom. The van der Waals surface area contributed by atoms with Crippen LogP contribution in [-0.4, -0.2) is 84.2 Å². The van der Waals surface area contributed by atoms with Gasteiger partial charge in [-0.3, -0.25) is 4.79 Å². The second kappa shape index (κ2) is 11.1. The number of carbonyl (C=O) groups is 1. The number of aromatic nitrogens is 2. The number of amides is 1. The number of likely N-dealkylation sites (tertiary alicyclic amines) is 1. The maximum atomic E-state index is 12.5. The molecule has 0 N–H and O–H groups in total. The number of likely N-dealkylation sites (N-methyl/N-ethyl adjacent to an activating group) is 1. The van der Waals surface area contributed by atoms with Gasteiger partial charge in [0.25, 0.3) is 0 Å². The maximum absolute atomic E-state index is 12.5. The van der Waals surface area contributed by atoms with Crippen LogP contribution in [0.4, 0.5) is 5.82 Å². The predicted molar refractivity (Wildman–Crippen MR) is 152 cm³/mol. The Labute approximate surface area is 236 Å². The molecule has 1 unspecified atom stereocenters. The summed E-state index contributed by atoms with van der Waals surface area (Å²) < 4.78 is 12.3. The van der Waals surface area contributed by atoms with E-state index in [0.717, 1.165) is 55.9 Å². The first-order valence-corrected chi connectivity index (χ1v) is 14.5. The molecule has 9 heteroatoms. The molecule has 3 atom stereocenters. The second-order valence-electron chi connectivity index (χ2n) is 11.6. The zero-order chi connectivity index (χ0) is 27.7. The highest BCUT2D eigenvalue weighted by atomic mass is 16.5. The molecule has 1 spiro atoms. The van der Waals surface area contributed by atoms with Crippen molar-refractivity contribution in [2.45, 2.75) is 62.4 Å². The van der Waals surface area contributed by atoms with E-state index in [2.05, 4.69) is 47.7 Å². The van der Waals surface area contributed by atoms with Gasteiger partial charge in [0.2, 0.25) is 5.91 Å². The van der Waals surface area contributed by atoms with Crippen molar-refractivity contribution in [1.29, 1.82) is 5.26 Å². The van der Waals surface area contributed by atoms with Gasteiger partial charge in [-0.15, -0.1) is 0 Å². The van der Waals surface area contributed by atoms with Crippen LogP contribution in [0.2, 0.25) is 0 Å². The van der Waals surface area contributed by atoms with Crippen LogP contribution in [0.5, 0.6) is 11.8 Å². The monoisotopic (exact) mass is 542 g/mol. The van der Waals surface area contributed by atoms with Crippen LogP contribution in [-0.2, 0) is 23.1 Å². The van der Waals surface area contributed by atoms with E-state index in [1.54, 1.807) is 4.90 Å². The quantitative estimate of drug-likeness (QED) is 0.514. The summed E-state index contributed by atoms with van der Waals surface area (Å²) in [5, 5.41) is 9.51. The van der Waals surface area contributed by atoms with Crippen LogP contribution in [0.25, 0.3) is 0 Å². The van der Waals surface area contributed by atoms with E-state index in [1.807, 2.05) is 6.07 Å². The van der Waals surface area contributed by atoms with Gasteiger partial charge >= 0.3 is 6.01 Å². The summed E-state index contributed by atoms with van der Waals surface area (Å²) in [4.78, 5) is 28.9. The van der Waals surface area contributed by atoms with E-state index < -0.39 is 0 Å². The van der Waals surface area contributed by atoms with Crippen molar-refractivity contribution >= 4 is 11.7 Å². The van der Waals surface area contributed by atoms with Gasteiger partial charge < -0.3 is 24.2 Å². The van der Waals surface area contributed by atoms with Gasteiger partial charge in [0.1, 0.15) is 18.2 Å². The highest BCUT2D eigenvalue weighted by molar-refractivity contribution is 5.87. The number of nitrogens with zero attached hydrogens (tertiary/aromatic N) is 6. The molecule has 9 nitrogen and oxygen atoms in total. The largest absolute Gasteiger partial charge is 0.493 e. The highest BCUT2D eigenvalue weighted by Gasteiger charge is 2.43. The molecule has 2 aromatic rings. The zero-order valence-electron chi connectivity index (χ0n) is 23.3. The Bertz CT molecular complexity index is 1320. The first-order valence-electron chi connectivity index (χ1n) is 14.5. The van der Waals surface area contributed by atoms with Crippen LogP contribution >= 0.6 is 0 Å². The third-order valence-corrected chi connectivity index (χ3v) is 9.35. The van der Waals surface area contributed by atoms with Gasteiger partial charge in [-0.25, -0.2) is 0 Å². The van der Waals surface area contributed by atoms with Crippen LogP contribution < -0.4 is 14.4 Å². The van der Waals surface area contributed by atoms with E-state index >= 15 is 0 Å². The number of hydrogen-bond acceptors (Lipinski definition) is 8. The van der Waals surface area contributed by atoms with Crippen molar-refractivity contribution in [2.75, 3.05) is 51.3 Å². The predicted octanol–water partition coefficient (Wildman–Crippen LogP) is 3.28. The smallest absolute Gasteiger partial charge is 0.318 e. The lowest BCUT2D eigenvalue weighted by molar-refractivity contribution is -0.128. The molecule has 4 heterocycles. The molecular weight excluding hydrogens is 504 g/mol. The molecule has 2 saturated heterocycles. The van der Waals surface area contributed by atoms with Crippen LogP contribution in [0.15, 0.2) is 36.9 Å². The fourth-order valence-electron chi connectivity index (χ4n) is 7.06. The Balaban J connectivity index is 1.34. The Hall–Kier alpha value is -3.64. The average molecular weight is 543 g/mol. The lowest BCUT2D eigenvalue weighted by Crippen LogP contribution is -2.55. The number of piperazine rings is 1. The minimum absolute atomic E-state index is 0.0190. The average Bonchev–Trinajstić information content (AvgIpc) is 3.40. The minimum atomic E-state index is -0.219. The third kappa shape index (κ3) is 4.90. The summed E-state index contributed by atoms with van der Waals surface area (Å²) in [6.07, 6.45) is 7.53. The van der Waals surface area contributed by atoms with Crippen LogP contribution in [0, 0.1) is 11.3 Å². The van der Waals surface area contributed by atoms with Crippen LogP contribution in [0.3, 0.4) is 0 Å². The Morgan fingerprint density at radius 1 is 1.25 bits per heavy atom. The van der Waals surface area contributed by atoms with Crippen molar-refractivity contribution < 1.29 is 14.3 Å². The number of hydrogen-bond donors (Lipinski definition) is 0. The van der Waals surface area contributed by atoms with Crippen molar-refractivity contribution in [3.63, 3.8) is 0 Å². The molecule has 0 bridgehead atoms. The summed E-state index contributed by atoms with van der Waals surface area (Å²) in [5.74, 6) is 1.74. The molecule has 1 amide bonds. The van der Waals surface area contributed by atoms with E-state index in [-0.39, 0.29) is 23.8 Å². The summed E-state index contributed by atoms with van der Waals surface area (Å²) in [6, 6.07) is 11.3. The van der Waals surface area contributed by atoms with Gasteiger partial charge in [0.05, 0.1) is 30.8 Å². The molecule has 40 heavy (non-hydrogen) atoms. The van der Waals surface area contributed by atoms with Gasteiger partial charge in [0.15, 0.2) is 0 Å². The fraction of sp³-hybridized carbons (Fsp3) is 0.548. The SMILES string of the molecule is C=CC(=O)N1CCN(c2nc(OC[C@@H]3CCCN3C)nc3c2CCC2(CCOc4ccccc42)C3)C[C@@H]1CC#N. The molecule has 1 aromatic heterocycles. The van der Waals surface area contributed by atoms with Gasteiger partial charge in [-0.05, 0) is 57.8 Å². The van der Waals surface area contributed by atoms with Crippen molar-refractivity contribution in [2.24, 2.45) is 0 Å². The third-order valence-electron chi connectivity index (χ3n) is 9.35. The van der Waals surface area contributed by atoms with E-state index in [9.17, 15) is 10.1 Å². The number of carbonyl (C=O) groups excluding carboxylic acids is 1. The first kappa shape index (κ1) is 26.6. The second-order valence-corrected chi connectivity index (χ2v) is 11.6. The number of rotatable bonds is 6. The van der Waals surface area contributed by atoms with E-state index in [0.29, 0.717) is 44.9 Å².